The minimum absolute atomic E-state index is 0.0264. The van der Waals surface area contributed by atoms with Crippen LogP contribution >= 0.6 is 11.6 Å². The van der Waals surface area contributed by atoms with Crippen molar-refractivity contribution in [2.75, 3.05) is 20.2 Å². The Balaban J connectivity index is 2.08. The molecule has 0 saturated carbocycles. The highest BCUT2D eigenvalue weighted by Crippen LogP contribution is 2.36. The van der Waals surface area contributed by atoms with Crippen LogP contribution in [0, 0.1) is 11.3 Å². The maximum atomic E-state index is 12.9. The molecule has 10 heteroatoms. The zero-order chi connectivity index (χ0) is 20.2. The zero-order valence-corrected chi connectivity index (χ0v) is 15.6. The Labute approximate surface area is 159 Å². The van der Waals surface area contributed by atoms with Gasteiger partial charge in [-0.05, 0) is 42.5 Å². The molecule has 5 nitrogen and oxygen atoms in total. The summed E-state index contributed by atoms with van der Waals surface area (Å²) in [6.45, 7) is -0.117. The van der Waals surface area contributed by atoms with E-state index in [-0.39, 0.29) is 13.2 Å². The van der Waals surface area contributed by atoms with Gasteiger partial charge in [0.1, 0.15) is 12.4 Å². The predicted octanol–water partition coefficient (Wildman–Crippen LogP) is 3.93. The van der Waals surface area contributed by atoms with Gasteiger partial charge >= 0.3 is 6.18 Å². The molecule has 0 N–H and O–H groups in total. The van der Waals surface area contributed by atoms with Crippen molar-refractivity contribution in [3.63, 3.8) is 0 Å². The van der Waals surface area contributed by atoms with Crippen LogP contribution in [-0.4, -0.2) is 32.9 Å². The number of sulfonamides is 1. The minimum Gasteiger partial charge on any atom is -0.492 e. The van der Waals surface area contributed by atoms with Crippen LogP contribution in [0.1, 0.15) is 11.1 Å². The molecule has 0 atom stereocenters. The summed E-state index contributed by atoms with van der Waals surface area (Å²) in [6, 6.07) is 10.6. The molecule has 2 aromatic carbocycles. The number of halogens is 4. The second kappa shape index (κ2) is 8.17. The van der Waals surface area contributed by atoms with Crippen LogP contribution in [-0.2, 0) is 16.2 Å². The summed E-state index contributed by atoms with van der Waals surface area (Å²) in [4.78, 5) is -0.514. The number of benzene rings is 2. The number of alkyl halides is 3. The molecule has 27 heavy (non-hydrogen) atoms. The van der Waals surface area contributed by atoms with Crippen LogP contribution in [0.2, 0.25) is 5.02 Å². The Morgan fingerprint density at radius 1 is 1.19 bits per heavy atom. The first-order valence-electron chi connectivity index (χ1n) is 7.52. The number of hydrogen-bond donors (Lipinski definition) is 0. The topological polar surface area (TPSA) is 70.4 Å². The van der Waals surface area contributed by atoms with E-state index in [0.717, 1.165) is 16.4 Å². The van der Waals surface area contributed by atoms with Crippen molar-refractivity contribution < 1.29 is 26.3 Å². The standard InChI is InChI=1S/C17H14ClF3N2O3S/c1-23(8-9-26-13-4-2-12(11-22)3-5-13)27(24,25)14-6-7-16(18)15(10-14)17(19,20)21/h2-7,10H,8-9H2,1H3. The Hall–Kier alpha value is -2.28. The van der Waals surface area contributed by atoms with Gasteiger partial charge < -0.3 is 4.74 Å². The molecule has 0 heterocycles. The largest absolute Gasteiger partial charge is 0.492 e. The Morgan fingerprint density at radius 2 is 1.81 bits per heavy atom. The van der Waals surface area contributed by atoms with E-state index in [1.54, 1.807) is 24.3 Å². The Kier molecular flexibility index (Phi) is 6.36. The van der Waals surface area contributed by atoms with Crippen molar-refractivity contribution in [1.82, 2.24) is 4.31 Å². The molecule has 0 fully saturated rings. The molecule has 0 aromatic heterocycles. The third-order valence-electron chi connectivity index (χ3n) is 3.61. The summed E-state index contributed by atoms with van der Waals surface area (Å²) in [6.07, 6.45) is -4.76. The molecule has 2 aromatic rings. The molecule has 0 aliphatic heterocycles. The fourth-order valence-electron chi connectivity index (χ4n) is 2.10. The molecule has 0 saturated heterocycles. The first-order chi connectivity index (χ1) is 12.6. The fraction of sp³-hybridized carbons (Fsp3) is 0.235. The lowest BCUT2D eigenvalue weighted by Crippen LogP contribution is -2.31. The molecule has 0 aliphatic carbocycles. The van der Waals surface area contributed by atoms with E-state index in [1.807, 2.05) is 6.07 Å². The third-order valence-corrected chi connectivity index (χ3v) is 5.79. The van der Waals surface area contributed by atoms with E-state index >= 15 is 0 Å². The normalized spacial score (nSPS) is 12.0. The van der Waals surface area contributed by atoms with Gasteiger partial charge in [0.2, 0.25) is 10.0 Å². The average Bonchev–Trinajstić information content (AvgIpc) is 2.61. The van der Waals surface area contributed by atoms with Crippen molar-refractivity contribution in [3.8, 4) is 11.8 Å². The molecular formula is C17H14ClF3N2O3S. The van der Waals surface area contributed by atoms with Gasteiger partial charge in [0.05, 0.1) is 27.1 Å². The molecule has 0 spiro atoms. The van der Waals surface area contributed by atoms with Crippen molar-refractivity contribution in [3.05, 3.63) is 58.6 Å². The van der Waals surface area contributed by atoms with Gasteiger partial charge in [0.15, 0.2) is 0 Å². The number of likely N-dealkylation sites (N-methyl/N-ethyl adjacent to an activating group) is 1. The number of hydrogen-bond acceptors (Lipinski definition) is 4. The first-order valence-corrected chi connectivity index (χ1v) is 9.33. The summed E-state index contributed by atoms with van der Waals surface area (Å²) in [5, 5.41) is 8.14. The molecular weight excluding hydrogens is 405 g/mol. The highest BCUT2D eigenvalue weighted by Gasteiger charge is 2.35. The van der Waals surface area contributed by atoms with Gasteiger partial charge in [-0.25, -0.2) is 8.42 Å². The fourth-order valence-corrected chi connectivity index (χ4v) is 3.51. The van der Waals surface area contributed by atoms with Crippen LogP contribution in [0.3, 0.4) is 0 Å². The molecule has 2 rings (SSSR count). The molecule has 0 unspecified atom stereocenters. The minimum atomic E-state index is -4.76. The maximum absolute atomic E-state index is 12.9. The third kappa shape index (κ3) is 5.13. The molecule has 144 valence electrons. The molecule has 0 aliphatic rings. The van der Waals surface area contributed by atoms with Gasteiger partial charge in [0, 0.05) is 13.6 Å². The van der Waals surface area contributed by atoms with E-state index in [0.29, 0.717) is 17.4 Å². The van der Waals surface area contributed by atoms with Gasteiger partial charge in [-0.1, -0.05) is 11.6 Å². The van der Waals surface area contributed by atoms with E-state index < -0.39 is 31.7 Å². The predicted molar refractivity (Wildman–Crippen MR) is 92.9 cm³/mol. The number of rotatable bonds is 6. The monoisotopic (exact) mass is 418 g/mol. The Morgan fingerprint density at radius 3 is 2.37 bits per heavy atom. The summed E-state index contributed by atoms with van der Waals surface area (Å²) >= 11 is 5.52. The van der Waals surface area contributed by atoms with E-state index in [1.165, 1.54) is 7.05 Å². The van der Waals surface area contributed by atoms with Crippen molar-refractivity contribution in [2.45, 2.75) is 11.1 Å². The second-order valence-corrected chi connectivity index (χ2v) is 7.90. The van der Waals surface area contributed by atoms with Crippen molar-refractivity contribution >= 4 is 21.6 Å². The summed E-state index contributed by atoms with van der Waals surface area (Å²) in [7, 11) is -2.92. The molecule has 0 radical (unpaired) electrons. The maximum Gasteiger partial charge on any atom is 0.417 e. The van der Waals surface area contributed by atoms with Crippen LogP contribution in [0.25, 0.3) is 0 Å². The zero-order valence-electron chi connectivity index (χ0n) is 14.0. The summed E-state index contributed by atoms with van der Waals surface area (Å²) < 4.78 is 70.0. The van der Waals surface area contributed by atoms with Gasteiger partial charge in [-0.15, -0.1) is 0 Å². The first kappa shape index (κ1) is 21.0. The lowest BCUT2D eigenvalue weighted by atomic mass is 10.2. The summed E-state index contributed by atoms with van der Waals surface area (Å²) in [5.74, 6) is 0.436. The smallest absolute Gasteiger partial charge is 0.417 e. The Bertz CT molecular complexity index is 955. The van der Waals surface area contributed by atoms with Crippen LogP contribution < -0.4 is 4.74 Å². The lowest BCUT2D eigenvalue weighted by molar-refractivity contribution is -0.137. The second-order valence-electron chi connectivity index (χ2n) is 5.45. The quantitative estimate of drug-likeness (QED) is 0.712. The van der Waals surface area contributed by atoms with E-state index in [2.05, 4.69) is 0 Å². The van der Waals surface area contributed by atoms with Gasteiger partial charge in [-0.2, -0.15) is 22.7 Å². The lowest BCUT2D eigenvalue weighted by Gasteiger charge is -2.19. The van der Waals surface area contributed by atoms with E-state index in [4.69, 9.17) is 21.6 Å². The van der Waals surface area contributed by atoms with Crippen molar-refractivity contribution in [1.29, 1.82) is 5.26 Å². The highest BCUT2D eigenvalue weighted by atomic mass is 35.5. The highest BCUT2D eigenvalue weighted by molar-refractivity contribution is 7.89. The average molecular weight is 419 g/mol. The van der Waals surface area contributed by atoms with E-state index in [9.17, 15) is 21.6 Å². The van der Waals surface area contributed by atoms with Crippen LogP contribution in [0.4, 0.5) is 13.2 Å². The number of nitrogens with zero attached hydrogens (tertiary/aromatic N) is 2. The van der Waals surface area contributed by atoms with Crippen LogP contribution in [0.15, 0.2) is 47.4 Å². The SMILES string of the molecule is CN(CCOc1ccc(C#N)cc1)S(=O)(=O)c1ccc(Cl)c(C(F)(F)F)c1. The molecule has 0 bridgehead atoms. The van der Waals surface area contributed by atoms with Crippen molar-refractivity contribution in [2.24, 2.45) is 0 Å². The van der Waals surface area contributed by atoms with Gasteiger partial charge in [-0.3, -0.25) is 0 Å². The number of ether oxygens (including phenoxy) is 1. The molecule has 0 amide bonds. The number of nitriles is 1. The summed E-state index contributed by atoms with van der Waals surface area (Å²) in [5.41, 5.74) is -0.766. The van der Waals surface area contributed by atoms with Crippen LogP contribution in [0.5, 0.6) is 5.75 Å². The van der Waals surface area contributed by atoms with Gasteiger partial charge in [0.25, 0.3) is 0 Å².